The Morgan fingerprint density at radius 2 is 2.13 bits per heavy atom. The van der Waals surface area contributed by atoms with E-state index in [4.69, 9.17) is 9.84 Å². The molecule has 15 heavy (non-hydrogen) atoms. The number of carbonyl (C=O) groups excluding carboxylic acids is 1. The van der Waals surface area contributed by atoms with Gasteiger partial charge in [0.2, 0.25) is 6.41 Å². The smallest absolute Gasteiger partial charge is 0.332 e. The Balaban J connectivity index is 4.28. The molecule has 5 nitrogen and oxygen atoms in total. The molecule has 6 heteroatoms. The molecular weight excluding hydrogens is 313 g/mol. The summed E-state index contributed by atoms with van der Waals surface area (Å²) in [6, 6.07) is 0. The molecule has 2 N–H and O–H groups in total. The van der Waals surface area contributed by atoms with E-state index in [1.165, 1.54) is 0 Å². The summed E-state index contributed by atoms with van der Waals surface area (Å²) in [4.78, 5) is 21.0. The van der Waals surface area contributed by atoms with E-state index >= 15 is 0 Å². The van der Waals surface area contributed by atoms with Gasteiger partial charge in [-0.1, -0.05) is 22.6 Å². The first-order valence-electron chi connectivity index (χ1n) is 4.50. The highest BCUT2D eigenvalue weighted by atomic mass is 127. The molecule has 88 valence electrons. The van der Waals surface area contributed by atoms with Gasteiger partial charge in [0.15, 0.2) is 6.10 Å². The van der Waals surface area contributed by atoms with Crippen LogP contribution in [0, 0.1) is 0 Å². The van der Waals surface area contributed by atoms with Gasteiger partial charge >= 0.3 is 5.97 Å². The van der Waals surface area contributed by atoms with Gasteiger partial charge in [0.05, 0.1) is 9.65 Å². The summed E-state index contributed by atoms with van der Waals surface area (Å²) in [5, 5.41) is 11.4. The molecule has 0 aromatic carbocycles. The highest BCUT2D eigenvalue weighted by molar-refractivity contribution is 14.1. The lowest BCUT2D eigenvalue weighted by Crippen LogP contribution is -2.37. The number of ether oxygens (including phenoxy) is 1. The predicted molar refractivity (Wildman–Crippen MR) is 63.9 cm³/mol. The van der Waals surface area contributed by atoms with Gasteiger partial charge in [-0.2, -0.15) is 0 Å². The molecule has 0 heterocycles. The van der Waals surface area contributed by atoms with Gasteiger partial charge in [-0.3, -0.25) is 4.79 Å². The van der Waals surface area contributed by atoms with E-state index in [-0.39, 0.29) is 10.5 Å². The van der Waals surface area contributed by atoms with Crippen molar-refractivity contribution in [3.05, 3.63) is 0 Å². The maximum Gasteiger partial charge on any atom is 0.332 e. The van der Waals surface area contributed by atoms with Crippen LogP contribution >= 0.6 is 22.6 Å². The molecule has 0 saturated carbocycles. The van der Waals surface area contributed by atoms with E-state index in [0.29, 0.717) is 6.41 Å². The van der Waals surface area contributed by atoms with Crippen LogP contribution in [0.3, 0.4) is 0 Å². The maximum absolute atomic E-state index is 10.9. The minimum absolute atomic E-state index is 0.242. The molecule has 0 aliphatic carbocycles. The third-order valence-electron chi connectivity index (χ3n) is 1.44. The van der Waals surface area contributed by atoms with Gasteiger partial charge in [-0.05, 0) is 20.8 Å². The molecule has 0 aromatic heterocycles. The van der Waals surface area contributed by atoms with E-state index in [0.717, 1.165) is 0 Å². The highest BCUT2D eigenvalue weighted by Crippen LogP contribution is 2.16. The van der Waals surface area contributed by atoms with Crippen molar-refractivity contribution in [1.82, 2.24) is 5.32 Å². The van der Waals surface area contributed by atoms with Gasteiger partial charge in [0, 0.05) is 6.42 Å². The average molecular weight is 329 g/mol. The second-order valence-corrected chi connectivity index (χ2v) is 5.55. The van der Waals surface area contributed by atoms with Crippen molar-refractivity contribution in [2.24, 2.45) is 0 Å². The van der Waals surface area contributed by atoms with Crippen molar-refractivity contribution in [3.63, 3.8) is 0 Å². The van der Waals surface area contributed by atoms with Crippen molar-refractivity contribution in [1.29, 1.82) is 0 Å². The molecule has 0 aromatic rings. The second kappa shape index (κ2) is 6.26. The number of carboxylic acids is 1. The molecule has 0 bridgehead atoms. The molecule has 0 spiro atoms. The summed E-state index contributed by atoms with van der Waals surface area (Å²) in [5.41, 5.74) is -0.513. The van der Waals surface area contributed by atoms with Crippen molar-refractivity contribution in [3.8, 4) is 0 Å². The Morgan fingerprint density at radius 3 is 2.47 bits per heavy atom. The van der Waals surface area contributed by atoms with Crippen LogP contribution < -0.4 is 5.32 Å². The molecular formula is C9H16INO4. The quantitative estimate of drug-likeness (QED) is 0.332. The van der Waals surface area contributed by atoms with Crippen molar-refractivity contribution in [2.75, 3.05) is 0 Å². The predicted octanol–water partition coefficient (Wildman–Crippen LogP) is 1.15. The molecule has 0 saturated heterocycles. The Hall–Kier alpha value is -0.370. The Bertz CT molecular complexity index is 227. The number of carbonyl (C=O) groups is 2. The number of hydrogen-bond donors (Lipinski definition) is 2. The van der Waals surface area contributed by atoms with Gasteiger partial charge in [0.1, 0.15) is 0 Å². The minimum Gasteiger partial charge on any atom is -0.479 e. The second-order valence-electron chi connectivity index (χ2n) is 4.04. The lowest BCUT2D eigenvalue weighted by atomic mass is 10.1. The average Bonchev–Trinajstić information content (AvgIpc) is 2.00. The van der Waals surface area contributed by atoms with Crippen LogP contribution in [0.5, 0.6) is 0 Å². The van der Waals surface area contributed by atoms with E-state index < -0.39 is 17.7 Å². The molecule has 1 amide bonds. The number of halogens is 1. The normalized spacial score (nSPS) is 15.5. The Morgan fingerprint density at radius 1 is 1.60 bits per heavy atom. The van der Waals surface area contributed by atoms with Gasteiger partial charge in [-0.15, -0.1) is 0 Å². The van der Waals surface area contributed by atoms with E-state index in [2.05, 4.69) is 5.32 Å². The SMILES string of the molecule is CC(C)(C)OC(CC(I)NC=O)C(=O)O. The third-order valence-corrected chi connectivity index (χ3v) is 2.31. The van der Waals surface area contributed by atoms with Crippen LogP contribution in [0.15, 0.2) is 0 Å². The van der Waals surface area contributed by atoms with Gasteiger partial charge in [-0.25, -0.2) is 4.79 Å². The van der Waals surface area contributed by atoms with E-state index in [1.807, 2.05) is 22.6 Å². The van der Waals surface area contributed by atoms with Gasteiger partial charge in [0.25, 0.3) is 0 Å². The zero-order valence-corrected chi connectivity index (χ0v) is 11.1. The molecule has 0 aliphatic rings. The first-order valence-corrected chi connectivity index (χ1v) is 5.75. The topological polar surface area (TPSA) is 75.6 Å². The summed E-state index contributed by atoms with van der Waals surface area (Å²) in [7, 11) is 0. The highest BCUT2D eigenvalue weighted by Gasteiger charge is 2.26. The van der Waals surface area contributed by atoms with Crippen LogP contribution in [-0.2, 0) is 14.3 Å². The zero-order chi connectivity index (χ0) is 12.1. The molecule has 0 rings (SSSR count). The third kappa shape index (κ3) is 7.55. The maximum atomic E-state index is 10.9. The lowest BCUT2D eigenvalue weighted by molar-refractivity contribution is -0.160. The summed E-state index contributed by atoms with van der Waals surface area (Å²) < 4.78 is 5.11. The fourth-order valence-corrected chi connectivity index (χ4v) is 1.56. The van der Waals surface area contributed by atoms with Crippen molar-refractivity contribution < 1.29 is 19.4 Å². The monoisotopic (exact) mass is 329 g/mol. The molecule has 0 radical (unpaired) electrons. The number of alkyl halides is 1. The van der Waals surface area contributed by atoms with Crippen molar-refractivity contribution >= 4 is 35.0 Å². The fraction of sp³-hybridized carbons (Fsp3) is 0.778. The number of hydrogen-bond acceptors (Lipinski definition) is 3. The Kier molecular flexibility index (Phi) is 6.11. The summed E-state index contributed by atoms with van der Waals surface area (Å²) >= 11 is 1.96. The van der Waals surface area contributed by atoms with Crippen molar-refractivity contribution in [2.45, 2.75) is 42.9 Å². The first kappa shape index (κ1) is 14.6. The number of rotatable bonds is 6. The molecule has 0 fully saturated rings. The fourth-order valence-electron chi connectivity index (χ4n) is 0.956. The molecule has 0 aliphatic heterocycles. The largest absolute Gasteiger partial charge is 0.479 e. The number of amides is 1. The van der Waals surface area contributed by atoms with Crippen LogP contribution in [-0.4, -0.2) is 33.2 Å². The zero-order valence-electron chi connectivity index (χ0n) is 8.99. The summed E-state index contributed by atoms with van der Waals surface area (Å²) in [6.45, 7) is 5.37. The van der Waals surface area contributed by atoms with Gasteiger partial charge < -0.3 is 15.2 Å². The van der Waals surface area contributed by atoms with Crippen LogP contribution in [0.4, 0.5) is 0 Å². The standard InChI is InChI=1S/C9H16INO4/c1-9(2,3)15-6(8(13)14)4-7(10)11-5-12/h5-7H,4H2,1-3H3,(H,11,12)(H,13,14). The Labute approximate surface area is 103 Å². The van der Waals surface area contributed by atoms with E-state index in [9.17, 15) is 9.59 Å². The summed E-state index contributed by atoms with van der Waals surface area (Å²) in [5.74, 6) is -1.01. The van der Waals surface area contributed by atoms with Crippen LogP contribution in [0.25, 0.3) is 0 Å². The lowest BCUT2D eigenvalue weighted by Gasteiger charge is -2.26. The number of aliphatic carboxylic acids is 1. The summed E-state index contributed by atoms with van der Waals surface area (Å²) in [6.07, 6.45) is -0.113. The number of nitrogens with one attached hydrogen (secondary N) is 1. The minimum atomic E-state index is -1.01. The molecule has 2 atom stereocenters. The van der Waals surface area contributed by atoms with Crippen LogP contribution in [0.1, 0.15) is 27.2 Å². The number of carboxylic acid groups (broad SMARTS) is 1. The van der Waals surface area contributed by atoms with Crippen LogP contribution in [0.2, 0.25) is 0 Å². The first-order chi connectivity index (χ1) is 6.76. The van der Waals surface area contributed by atoms with E-state index in [1.54, 1.807) is 20.8 Å². The molecule has 2 unspecified atom stereocenters.